The van der Waals surface area contributed by atoms with Crippen LogP contribution in [0.4, 0.5) is 0 Å². The van der Waals surface area contributed by atoms with Crippen LogP contribution in [0.5, 0.6) is 0 Å². The van der Waals surface area contributed by atoms with Crippen LogP contribution in [0.3, 0.4) is 0 Å². The number of carboxylic acid groups (broad SMARTS) is 1. The maximum absolute atomic E-state index is 10.5. The maximum Gasteiger partial charge on any atom is 0.339 e. The van der Waals surface area contributed by atoms with Crippen molar-refractivity contribution in [2.75, 3.05) is 0 Å². The highest BCUT2D eigenvalue weighted by molar-refractivity contribution is 7.18. The van der Waals surface area contributed by atoms with Gasteiger partial charge in [-0.3, -0.25) is 0 Å². The van der Waals surface area contributed by atoms with E-state index < -0.39 is 12.1 Å². The molecule has 1 aromatic heterocycles. The van der Waals surface area contributed by atoms with Gasteiger partial charge in [-0.25, -0.2) is 9.78 Å². The minimum Gasteiger partial charge on any atom is -0.479 e. The van der Waals surface area contributed by atoms with Crippen molar-refractivity contribution in [3.63, 3.8) is 0 Å². The monoisotopic (exact) mass is 209 g/mol. The fourth-order valence-electron chi connectivity index (χ4n) is 1.11. The number of carboxylic acids is 1. The first kappa shape index (κ1) is 9.11. The Kier molecular flexibility index (Phi) is 2.18. The minimum absolute atomic E-state index is 0.221. The normalized spacial score (nSPS) is 12.9. The van der Waals surface area contributed by atoms with Gasteiger partial charge in [-0.2, -0.15) is 0 Å². The molecule has 0 saturated heterocycles. The van der Waals surface area contributed by atoms with Gasteiger partial charge in [0.1, 0.15) is 5.01 Å². The molecule has 0 aliphatic rings. The van der Waals surface area contributed by atoms with Crippen LogP contribution in [-0.4, -0.2) is 21.2 Å². The van der Waals surface area contributed by atoms with E-state index in [0.717, 1.165) is 4.70 Å². The summed E-state index contributed by atoms with van der Waals surface area (Å²) in [6.07, 6.45) is -1.52. The Morgan fingerprint density at radius 3 is 2.79 bits per heavy atom. The van der Waals surface area contributed by atoms with E-state index in [2.05, 4.69) is 4.98 Å². The highest BCUT2D eigenvalue weighted by atomic mass is 32.1. The predicted octanol–water partition coefficient (Wildman–Crippen LogP) is 1.41. The van der Waals surface area contributed by atoms with Crippen LogP contribution in [-0.2, 0) is 4.79 Å². The molecule has 0 bridgehead atoms. The highest BCUT2D eigenvalue weighted by Crippen LogP contribution is 2.26. The summed E-state index contributed by atoms with van der Waals surface area (Å²) >= 11 is 1.19. The number of nitrogens with zero attached hydrogens (tertiary/aromatic N) is 1. The largest absolute Gasteiger partial charge is 0.479 e. The van der Waals surface area contributed by atoms with Gasteiger partial charge in [-0.1, -0.05) is 12.1 Å². The number of rotatable bonds is 2. The molecule has 0 aliphatic carbocycles. The summed E-state index contributed by atoms with van der Waals surface area (Å²) in [6.45, 7) is 0. The van der Waals surface area contributed by atoms with E-state index in [4.69, 9.17) is 5.11 Å². The molecule has 14 heavy (non-hydrogen) atoms. The van der Waals surface area contributed by atoms with Crippen LogP contribution >= 0.6 is 11.3 Å². The van der Waals surface area contributed by atoms with Gasteiger partial charge in [0.25, 0.3) is 0 Å². The number of aliphatic carboxylic acids is 1. The molecule has 2 aromatic rings. The molecule has 0 spiro atoms. The number of aliphatic hydroxyl groups excluding tert-OH is 1. The van der Waals surface area contributed by atoms with Crippen LogP contribution < -0.4 is 0 Å². The van der Waals surface area contributed by atoms with Crippen molar-refractivity contribution >= 4 is 27.5 Å². The molecule has 1 atom stereocenters. The van der Waals surface area contributed by atoms with Crippen molar-refractivity contribution in [1.29, 1.82) is 0 Å². The van der Waals surface area contributed by atoms with Gasteiger partial charge in [0.2, 0.25) is 6.10 Å². The molecular weight excluding hydrogens is 202 g/mol. The standard InChI is InChI=1S/C9H7NO3S/c11-7(9(12)13)8-10-5-3-1-2-4-6(5)14-8/h1-4,7,11H,(H,12,13)/t7-/m0/s1. The zero-order valence-corrected chi connectivity index (χ0v) is 7.86. The van der Waals surface area contributed by atoms with Gasteiger partial charge in [-0.15, -0.1) is 11.3 Å². The Labute approximate surface area is 83.5 Å². The molecule has 0 unspecified atom stereocenters. The summed E-state index contributed by atoms with van der Waals surface area (Å²) in [5.41, 5.74) is 0.716. The summed E-state index contributed by atoms with van der Waals surface area (Å²) in [4.78, 5) is 14.5. The van der Waals surface area contributed by atoms with E-state index in [1.165, 1.54) is 11.3 Å². The number of thiazole rings is 1. The summed E-state index contributed by atoms with van der Waals surface area (Å²) in [5.74, 6) is -1.27. The first-order valence-corrected chi connectivity index (χ1v) is 4.76. The van der Waals surface area contributed by atoms with Gasteiger partial charge in [0.15, 0.2) is 0 Å². The Balaban J connectivity index is 2.50. The van der Waals surface area contributed by atoms with Crippen molar-refractivity contribution in [1.82, 2.24) is 4.98 Å². The van der Waals surface area contributed by atoms with E-state index in [-0.39, 0.29) is 5.01 Å². The molecule has 0 radical (unpaired) electrons. The third-order valence-corrected chi connectivity index (χ3v) is 2.87. The first-order chi connectivity index (χ1) is 6.68. The Hall–Kier alpha value is -1.46. The quantitative estimate of drug-likeness (QED) is 0.784. The number of carbonyl (C=O) groups is 1. The Morgan fingerprint density at radius 2 is 2.14 bits per heavy atom. The van der Waals surface area contributed by atoms with E-state index in [9.17, 15) is 9.90 Å². The van der Waals surface area contributed by atoms with E-state index >= 15 is 0 Å². The zero-order chi connectivity index (χ0) is 10.1. The second kappa shape index (κ2) is 3.36. The molecule has 1 heterocycles. The molecule has 2 rings (SSSR count). The molecule has 4 nitrogen and oxygen atoms in total. The lowest BCUT2D eigenvalue weighted by atomic mass is 10.3. The van der Waals surface area contributed by atoms with Crippen LogP contribution in [0, 0.1) is 0 Å². The number of aliphatic hydroxyl groups is 1. The molecule has 0 fully saturated rings. The summed E-state index contributed by atoms with van der Waals surface area (Å²) in [7, 11) is 0. The molecule has 0 amide bonds. The fraction of sp³-hybridized carbons (Fsp3) is 0.111. The van der Waals surface area contributed by atoms with Crippen molar-refractivity contribution in [2.45, 2.75) is 6.10 Å². The predicted molar refractivity (Wildman–Crippen MR) is 52.2 cm³/mol. The molecule has 72 valence electrons. The van der Waals surface area contributed by atoms with Crippen LogP contribution in [0.1, 0.15) is 11.1 Å². The van der Waals surface area contributed by atoms with Crippen molar-refractivity contribution < 1.29 is 15.0 Å². The van der Waals surface area contributed by atoms with E-state index in [1.54, 1.807) is 6.07 Å². The van der Waals surface area contributed by atoms with Crippen LogP contribution in [0.15, 0.2) is 24.3 Å². The SMILES string of the molecule is O=C(O)[C@@H](O)c1nc2ccccc2s1. The Bertz CT molecular complexity index is 447. The van der Waals surface area contributed by atoms with Crippen LogP contribution in [0.2, 0.25) is 0 Å². The average Bonchev–Trinajstić information content (AvgIpc) is 2.59. The molecule has 2 N–H and O–H groups in total. The van der Waals surface area contributed by atoms with Gasteiger partial charge in [0.05, 0.1) is 10.2 Å². The third-order valence-electron chi connectivity index (χ3n) is 1.78. The van der Waals surface area contributed by atoms with Crippen molar-refractivity contribution in [2.24, 2.45) is 0 Å². The van der Waals surface area contributed by atoms with E-state index in [1.807, 2.05) is 18.2 Å². The molecular formula is C9H7NO3S. The van der Waals surface area contributed by atoms with E-state index in [0.29, 0.717) is 5.52 Å². The fourth-order valence-corrected chi connectivity index (χ4v) is 2.06. The molecule has 0 saturated carbocycles. The molecule has 1 aromatic carbocycles. The number of benzene rings is 1. The summed E-state index contributed by atoms with van der Waals surface area (Å²) in [5, 5.41) is 18.0. The lowest BCUT2D eigenvalue weighted by molar-refractivity contribution is -0.146. The third kappa shape index (κ3) is 1.47. The van der Waals surface area contributed by atoms with Gasteiger partial charge < -0.3 is 10.2 Å². The number of fused-ring (bicyclic) bond motifs is 1. The van der Waals surface area contributed by atoms with Gasteiger partial charge in [0, 0.05) is 0 Å². The topological polar surface area (TPSA) is 70.4 Å². The first-order valence-electron chi connectivity index (χ1n) is 3.95. The summed E-state index contributed by atoms with van der Waals surface area (Å²) in [6, 6.07) is 7.28. The average molecular weight is 209 g/mol. The van der Waals surface area contributed by atoms with Gasteiger partial charge in [-0.05, 0) is 12.1 Å². The Morgan fingerprint density at radius 1 is 1.43 bits per heavy atom. The minimum atomic E-state index is -1.52. The second-order valence-electron chi connectivity index (χ2n) is 2.76. The molecule has 5 heteroatoms. The van der Waals surface area contributed by atoms with Crippen LogP contribution in [0.25, 0.3) is 10.2 Å². The lowest BCUT2D eigenvalue weighted by Crippen LogP contribution is -2.09. The van der Waals surface area contributed by atoms with Crippen molar-refractivity contribution in [3.05, 3.63) is 29.3 Å². The second-order valence-corrected chi connectivity index (χ2v) is 3.82. The highest BCUT2D eigenvalue weighted by Gasteiger charge is 2.19. The maximum atomic E-state index is 10.5. The lowest BCUT2D eigenvalue weighted by Gasteiger charge is -1.97. The zero-order valence-electron chi connectivity index (χ0n) is 7.04. The number of hydrogen-bond acceptors (Lipinski definition) is 4. The number of aromatic nitrogens is 1. The molecule has 0 aliphatic heterocycles. The smallest absolute Gasteiger partial charge is 0.339 e. The van der Waals surface area contributed by atoms with Crippen molar-refractivity contribution in [3.8, 4) is 0 Å². The number of hydrogen-bond donors (Lipinski definition) is 2. The number of para-hydroxylation sites is 1. The summed E-state index contributed by atoms with van der Waals surface area (Å²) < 4.78 is 0.878. The van der Waals surface area contributed by atoms with Gasteiger partial charge >= 0.3 is 5.97 Å².